The summed E-state index contributed by atoms with van der Waals surface area (Å²) in [5.41, 5.74) is 0.471. The zero-order valence-electron chi connectivity index (χ0n) is 12.5. The lowest BCUT2D eigenvalue weighted by Gasteiger charge is -2.49. The molecule has 4 fully saturated rings. The third-order valence-electron chi connectivity index (χ3n) is 7.13. The SMILES string of the molecule is O=C1CC[C@H]2C(=CC[C@@H]3[C@@H]2[C@@H]2C[C@@]4(C(=O)CC[C@@H]34)C(=O)O2)C1. The molecule has 5 rings (SSSR count). The topological polar surface area (TPSA) is 60.4 Å². The molecule has 0 aromatic heterocycles. The van der Waals surface area contributed by atoms with E-state index in [9.17, 15) is 14.4 Å². The van der Waals surface area contributed by atoms with Crippen molar-refractivity contribution in [3.05, 3.63) is 11.6 Å². The third kappa shape index (κ3) is 1.37. The number of fused-ring (bicyclic) bond motifs is 6. The van der Waals surface area contributed by atoms with Crippen molar-refractivity contribution in [1.82, 2.24) is 0 Å². The Labute approximate surface area is 129 Å². The minimum absolute atomic E-state index is 0.0993. The number of carbonyl (C=O) groups excluding carboxylic acids is 3. The highest BCUT2D eigenvalue weighted by Gasteiger charge is 2.70. The Bertz CT molecular complexity index is 633. The van der Waals surface area contributed by atoms with Crippen molar-refractivity contribution >= 4 is 17.5 Å². The standard InChI is InChI=1S/C18H20O4/c19-10-2-4-11-9(7-10)1-3-12-13-5-6-15(20)18(13)8-14(16(11)12)22-17(18)21/h1,11-14,16H,2-8H2/t11-,12-,13-,14-,16+,18+/m0/s1. The molecule has 4 heteroatoms. The summed E-state index contributed by atoms with van der Waals surface area (Å²) >= 11 is 0. The smallest absolute Gasteiger partial charge is 0.320 e. The fraction of sp³-hybridized carbons (Fsp3) is 0.722. The van der Waals surface area contributed by atoms with Gasteiger partial charge in [-0.15, -0.1) is 0 Å². The van der Waals surface area contributed by atoms with E-state index in [1.807, 2.05) is 0 Å². The summed E-state index contributed by atoms with van der Waals surface area (Å²) in [5.74, 6) is 1.50. The van der Waals surface area contributed by atoms with Crippen LogP contribution in [0.15, 0.2) is 11.6 Å². The Hall–Kier alpha value is -1.45. The van der Waals surface area contributed by atoms with E-state index < -0.39 is 5.41 Å². The Kier molecular flexibility index (Phi) is 2.42. The molecule has 0 amide bonds. The van der Waals surface area contributed by atoms with Gasteiger partial charge >= 0.3 is 5.97 Å². The zero-order chi connectivity index (χ0) is 15.1. The van der Waals surface area contributed by atoms with Crippen molar-refractivity contribution in [2.75, 3.05) is 0 Å². The van der Waals surface area contributed by atoms with E-state index in [4.69, 9.17) is 4.74 Å². The molecule has 6 atom stereocenters. The lowest BCUT2D eigenvalue weighted by Crippen LogP contribution is -2.50. The fourth-order valence-electron chi connectivity index (χ4n) is 6.29. The van der Waals surface area contributed by atoms with Crippen LogP contribution in [0.25, 0.3) is 0 Å². The first kappa shape index (κ1) is 13.0. The average molecular weight is 300 g/mol. The highest BCUT2D eigenvalue weighted by atomic mass is 16.6. The lowest BCUT2D eigenvalue weighted by molar-refractivity contribution is -0.152. The average Bonchev–Trinajstić information content (AvgIpc) is 2.99. The summed E-state index contributed by atoms with van der Waals surface area (Å²) in [6.07, 6.45) is 7.18. The van der Waals surface area contributed by atoms with Gasteiger partial charge in [0.25, 0.3) is 0 Å². The van der Waals surface area contributed by atoms with Crippen molar-refractivity contribution in [2.45, 2.75) is 51.0 Å². The fourth-order valence-corrected chi connectivity index (χ4v) is 6.29. The second-order valence-corrected chi connectivity index (χ2v) is 7.80. The molecule has 1 aliphatic heterocycles. The van der Waals surface area contributed by atoms with Crippen LogP contribution >= 0.6 is 0 Å². The van der Waals surface area contributed by atoms with Crippen LogP contribution in [0, 0.1) is 29.1 Å². The van der Waals surface area contributed by atoms with Crippen LogP contribution in [-0.2, 0) is 19.1 Å². The summed E-state index contributed by atoms with van der Waals surface area (Å²) in [6, 6.07) is 0. The van der Waals surface area contributed by atoms with Crippen molar-refractivity contribution in [3.63, 3.8) is 0 Å². The minimum Gasteiger partial charge on any atom is -0.461 e. The van der Waals surface area contributed by atoms with Gasteiger partial charge in [-0.2, -0.15) is 0 Å². The van der Waals surface area contributed by atoms with E-state index in [2.05, 4.69) is 6.08 Å². The Balaban J connectivity index is 1.59. The summed E-state index contributed by atoms with van der Waals surface area (Å²) in [7, 11) is 0. The number of carbonyl (C=O) groups is 3. The molecule has 1 heterocycles. The number of allylic oxidation sites excluding steroid dienone is 2. The molecule has 4 nitrogen and oxygen atoms in total. The van der Waals surface area contributed by atoms with Gasteiger partial charge in [0.1, 0.15) is 17.3 Å². The van der Waals surface area contributed by atoms with Gasteiger partial charge in [0.15, 0.2) is 5.78 Å². The minimum atomic E-state index is -0.804. The number of esters is 1. The van der Waals surface area contributed by atoms with Gasteiger partial charge in [-0.25, -0.2) is 0 Å². The van der Waals surface area contributed by atoms with Crippen LogP contribution in [0.3, 0.4) is 0 Å². The lowest BCUT2D eigenvalue weighted by atomic mass is 9.52. The predicted octanol–water partition coefficient (Wildman–Crippen LogP) is 2.21. The highest BCUT2D eigenvalue weighted by molar-refractivity contribution is 6.07. The van der Waals surface area contributed by atoms with E-state index in [0.717, 1.165) is 19.3 Å². The van der Waals surface area contributed by atoms with E-state index in [1.165, 1.54) is 5.57 Å². The molecular weight excluding hydrogens is 280 g/mol. The monoisotopic (exact) mass is 300 g/mol. The summed E-state index contributed by atoms with van der Waals surface area (Å²) < 4.78 is 5.73. The van der Waals surface area contributed by atoms with Crippen molar-refractivity contribution in [1.29, 1.82) is 0 Å². The molecule has 0 N–H and O–H groups in total. The van der Waals surface area contributed by atoms with Gasteiger partial charge in [0.05, 0.1) is 0 Å². The molecule has 1 saturated heterocycles. The van der Waals surface area contributed by atoms with Crippen LogP contribution in [0.1, 0.15) is 44.9 Å². The molecule has 3 saturated carbocycles. The van der Waals surface area contributed by atoms with Crippen molar-refractivity contribution in [2.24, 2.45) is 29.1 Å². The van der Waals surface area contributed by atoms with Crippen LogP contribution in [0.5, 0.6) is 0 Å². The van der Waals surface area contributed by atoms with Gasteiger partial charge < -0.3 is 4.74 Å². The molecule has 0 aromatic rings. The summed E-state index contributed by atoms with van der Waals surface area (Å²) in [4.78, 5) is 36.7. The quantitative estimate of drug-likeness (QED) is 0.391. The van der Waals surface area contributed by atoms with Gasteiger partial charge in [-0.1, -0.05) is 11.6 Å². The Morgan fingerprint density at radius 3 is 2.86 bits per heavy atom. The van der Waals surface area contributed by atoms with Crippen molar-refractivity contribution < 1.29 is 19.1 Å². The van der Waals surface area contributed by atoms with Crippen LogP contribution in [-0.4, -0.2) is 23.6 Å². The van der Waals surface area contributed by atoms with E-state index in [1.54, 1.807) is 0 Å². The summed E-state index contributed by atoms with van der Waals surface area (Å²) in [5, 5.41) is 0. The first-order valence-electron chi connectivity index (χ1n) is 8.56. The molecule has 5 aliphatic rings. The van der Waals surface area contributed by atoms with Crippen LogP contribution in [0.2, 0.25) is 0 Å². The van der Waals surface area contributed by atoms with Crippen LogP contribution in [0.4, 0.5) is 0 Å². The van der Waals surface area contributed by atoms with E-state index >= 15 is 0 Å². The van der Waals surface area contributed by atoms with E-state index in [-0.39, 0.29) is 23.8 Å². The van der Waals surface area contributed by atoms with Gasteiger partial charge in [-0.3, -0.25) is 14.4 Å². The maximum atomic E-state index is 12.5. The second-order valence-electron chi connectivity index (χ2n) is 7.80. The zero-order valence-corrected chi connectivity index (χ0v) is 12.5. The molecular formula is C18H20O4. The first-order valence-corrected chi connectivity index (χ1v) is 8.56. The number of hydrogen-bond acceptors (Lipinski definition) is 4. The number of ketones is 2. The molecule has 116 valence electrons. The van der Waals surface area contributed by atoms with Gasteiger partial charge in [-0.05, 0) is 37.0 Å². The Morgan fingerprint density at radius 2 is 2.00 bits per heavy atom. The summed E-state index contributed by atoms with van der Waals surface area (Å²) in [6.45, 7) is 0. The molecule has 0 aromatic carbocycles. The molecule has 0 radical (unpaired) electrons. The Morgan fingerprint density at radius 1 is 1.14 bits per heavy atom. The van der Waals surface area contributed by atoms with E-state index in [0.29, 0.717) is 49.2 Å². The van der Waals surface area contributed by atoms with Crippen molar-refractivity contribution in [3.8, 4) is 0 Å². The molecule has 2 bridgehead atoms. The second kappa shape index (κ2) is 4.09. The molecule has 1 spiro atoms. The normalized spacial score (nSPS) is 49.2. The largest absolute Gasteiger partial charge is 0.461 e. The predicted molar refractivity (Wildman–Crippen MR) is 76.7 cm³/mol. The third-order valence-corrected chi connectivity index (χ3v) is 7.13. The first-order chi connectivity index (χ1) is 10.6. The molecule has 0 unspecified atom stereocenters. The maximum Gasteiger partial charge on any atom is 0.320 e. The number of rotatable bonds is 0. The maximum absolute atomic E-state index is 12.5. The van der Waals surface area contributed by atoms with Gasteiger partial charge in [0, 0.05) is 31.6 Å². The number of ether oxygens (including phenoxy) is 1. The van der Waals surface area contributed by atoms with Crippen LogP contribution < -0.4 is 0 Å². The number of hydrogen-bond donors (Lipinski definition) is 0. The van der Waals surface area contributed by atoms with Gasteiger partial charge in [0.2, 0.25) is 0 Å². The number of Topliss-reactive ketones (excluding diaryl/α,β-unsaturated/α-hetero) is 2. The highest BCUT2D eigenvalue weighted by Crippen LogP contribution is 2.64. The molecule has 22 heavy (non-hydrogen) atoms. The molecule has 4 aliphatic carbocycles.